The van der Waals surface area contributed by atoms with Crippen LogP contribution in [0.2, 0.25) is 0 Å². The number of carbonyl (C=O) groups excluding carboxylic acids is 1. The molecule has 1 amide bonds. The van der Waals surface area contributed by atoms with Crippen LogP contribution in [0.1, 0.15) is 51.5 Å². The lowest BCUT2D eigenvalue weighted by Gasteiger charge is -2.07. The topological polar surface area (TPSA) is 47.6 Å². The van der Waals surface area contributed by atoms with Crippen LogP contribution in [0.15, 0.2) is 36.4 Å². The zero-order valence-corrected chi connectivity index (χ0v) is 15.3. The molecule has 1 aliphatic rings. The number of benzene rings is 1. The average molecular weight is 343 g/mol. The summed E-state index contributed by atoms with van der Waals surface area (Å²) in [5, 5.41) is 2.92. The molecule has 0 aliphatic carbocycles. The predicted molar refractivity (Wildman–Crippen MR) is 102 cm³/mol. The summed E-state index contributed by atoms with van der Waals surface area (Å²) in [5.74, 6) is 2.19. The van der Waals surface area contributed by atoms with Gasteiger partial charge in [-0.3, -0.25) is 4.79 Å². The SMILES string of the molecule is CCC(C)CNC(=O)/C=C/CCCC/C=C/c1ccc2c(c1)OCO2. The van der Waals surface area contributed by atoms with E-state index in [1.54, 1.807) is 6.08 Å². The molecule has 0 radical (unpaired) electrons. The maximum absolute atomic E-state index is 11.6. The standard InChI is InChI=1S/C21H29NO3/c1-3-17(2)15-22-21(23)11-9-7-5-4-6-8-10-18-12-13-19-20(14-18)25-16-24-19/h8-14,17H,3-7,15-16H2,1-2H3,(H,22,23)/b10-8+,11-9+. The summed E-state index contributed by atoms with van der Waals surface area (Å²) in [6.07, 6.45) is 13.2. The summed E-state index contributed by atoms with van der Waals surface area (Å²) >= 11 is 0. The fourth-order valence-electron chi connectivity index (χ4n) is 2.43. The van der Waals surface area contributed by atoms with Crippen molar-refractivity contribution < 1.29 is 14.3 Å². The third-order valence-electron chi connectivity index (χ3n) is 4.29. The number of fused-ring (bicyclic) bond motifs is 1. The van der Waals surface area contributed by atoms with Crippen molar-refractivity contribution in [1.82, 2.24) is 5.32 Å². The zero-order chi connectivity index (χ0) is 17.9. The van der Waals surface area contributed by atoms with Crippen molar-refractivity contribution in [1.29, 1.82) is 0 Å². The second-order valence-electron chi connectivity index (χ2n) is 6.46. The summed E-state index contributed by atoms with van der Waals surface area (Å²) in [6.45, 7) is 5.34. The van der Waals surface area contributed by atoms with E-state index in [-0.39, 0.29) is 5.91 Å². The Morgan fingerprint density at radius 1 is 1.20 bits per heavy atom. The highest BCUT2D eigenvalue weighted by molar-refractivity contribution is 5.87. The van der Waals surface area contributed by atoms with Crippen molar-refractivity contribution in [2.75, 3.05) is 13.3 Å². The number of hydrogen-bond donors (Lipinski definition) is 1. The van der Waals surface area contributed by atoms with Crippen molar-refractivity contribution in [2.24, 2.45) is 5.92 Å². The highest BCUT2D eigenvalue weighted by Gasteiger charge is 2.11. The number of amides is 1. The van der Waals surface area contributed by atoms with E-state index in [1.165, 1.54) is 0 Å². The number of hydrogen-bond acceptors (Lipinski definition) is 3. The van der Waals surface area contributed by atoms with Gasteiger partial charge < -0.3 is 14.8 Å². The summed E-state index contributed by atoms with van der Waals surface area (Å²) in [4.78, 5) is 11.6. The van der Waals surface area contributed by atoms with E-state index in [9.17, 15) is 4.79 Å². The first-order chi connectivity index (χ1) is 12.2. The smallest absolute Gasteiger partial charge is 0.243 e. The van der Waals surface area contributed by atoms with Gasteiger partial charge in [-0.15, -0.1) is 0 Å². The van der Waals surface area contributed by atoms with Crippen molar-refractivity contribution in [2.45, 2.75) is 46.0 Å². The molecule has 0 fully saturated rings. The molecule has 0 spiro atoms. The fourth-order valence-corrected chi connectivity index (χ4v) is 2.43. The number of carbonyl (C=O) groups is 1. The minimum absolute atomic E-state index is 0.0167. The van der Waals surface area contributed by atoms with Gasteiger partial charge in [-0.1, -0.05) is 44.6 Å². The van der Waals surface area contributed by atoms with Crippen LogP contribution >= 0.6 is 0 Å². The Labute approximate surface area is 150 Å². The van der Waals surface area contributed by atoms with Crippen LogP contribution in [0.3, 0.4) is 0 Å². The minimum Gasteiger partial charge on any atom is -0.454 e. The Bertz CT molecular complexity index is 607. The van der Waals surface area contributed by atoms with Gasteiger partial charge in [0.25, 0.3) is 0 Å². The molecule has 0 aromatic heterocycles. The largest absolute Gasteiger partial charge is 0.454 e. The van der Waals surface area contributed by atoms with Crippen LogP contribution in [0.25, 0.3) is 6.08 Å². The van der Waals surface area contributed by atoms with Gasteiger partial charge in [0.1, 0.15) is 0 Å². The molecule has 4 heteroatoms. The zero-order valence-electron chi connectivity index (χ0n) is 15.3. The number of nitrogens with one attached hydrogen (secondary N) is 1. The normalized spacial score (nSPS) is 14.3. The molecular weight excluding hydrogens is 314 g/mol. The van der Waals surface area contributed by atoms with Crippen LogP contribution in [0.4, 0.5) is 0 Å². The van der Waals surface area contributed by atoms with Gasteiger partial charge in [-0.2, -0.15) is 0 Å². The van der Waals surface area contributed by atoms with Crippen LogP contribution in [-0.2, 0) is 4.79 Å². The number of allylic oxidation sites excluding steroid dienone is 2. The molecule has 25 heavy (non-hydrogen) atoms. The van der Waals surface area contributed by atoms with E-state index in [2.05, 4.69) is 31.3 Å². The lowest BCUT2D eigenvalue weighted by Crippen LogP contribution is -2.26. The van der Waals surface area contributed by atoms with Crippen molar-refractivity contribution in [3.63, 3.8) is 0 Å². The van der Waals surface area contributed by atoms with Gasteiger partial charge in [0.2, 0.25) is 12.7 Å². The van der Waals surface area contributed by atoms with Crippen LogP contribution in [0, 0.1) is 5.92 Å². The van der Waals surface area contributed by atoms with E-state index in [0.29, 0.717) is 12.7 Å². The van der Waals surface area contributed by atoms with Crippen LogP contribution in [-0.4, -0.2) is 19.2 Å². The summed E-state index contributed by atoms with van der Waals surface area (Å²) < 4.78 is 10.7. The molecule has 0 saturated carbocycles. The Kier molecular flexibility index (Phi) is 8.10. The first kappa shape index (κ1) is 19.1. The summed E-state index contributed by atoms with van der Waals surface area (Å²) in [7, 11) is 0. The second kappa shape index (κ2) is 10.6. The molecule has 1 aliphatic heterocycles. The highest BCUT2D eigenvalue weighted by Crippen LogP contribution is 2.32. The molecular formula is C21H29NO3. The second-order valence-corrected chi connectivity index (χ2v) is 6.46. The van der Waals surface area contributed by atoms with E-state index in [4.69, 9.17) is 9.47 Å². The molecule has 2 rings (SSSR count). The molecule has 1 N–H and O–H groups in total. The molecule has 1 aromatic carbocycles. The molecule has 0 bridgehead atoms. The Hall–Kier alpha value is -2.23. The average Bonchev–Trinajstić information content (AvgIpc) is 3.09. The molecule has 1 heterocycles. The first-order valence-electron chi connectivity index (χ1n) is 9.19. The molecule has 1 atom stereocenters. The van der Waals surface area contributed by atoms with Crippen molar-refractivity contribution in [3.05, 3.63) is 42.0 Å². The van der Waals surface area contributed by atoms with E-state index >= 15 is 0 Å². The third kappa shape index (κ3) is 7.04. The van der Waals surface area contributed by atoms with Crippen LogP contribution < -0.4 is 14.8 Å². The third-order valence-corrected chi connectivity index (χ3v) is 4.29. The van der Waals surface area contributed by atoms with E-state index < -0.39 is 0 Å². The van der Waals surface area contributed by atoms with Crippen molar-refractivity contribution >= 4 is 12.0 Å². The number of ether oxygens (including phenoxy) is 2. The van der Waals surface area contributed by atoms with E-state index in [0.717, 1.165) is 55.7 Å². The lowest BCUT2D eigenvalue weighted by atomic mass is 10.1. The van der Waals surface area contributed by atoms with Crippen LogP contribution in [0.5, 0.6) is 11.5 Å². The summed E-state index contributed by atoms with van der Waals surface area (Å²) in [5.41, 5.74) is 1.13. The maximum atomic E-state index is 11.6. The molecule has 0 saturated heterocycles. The quantitative estimate of drug-likeness (QED) is 0.494. The summed E-state index contributed by atoms with van der Waals surface area (Å²) in [6, 6.07) is 5.98. The van der Waals surface area contributed by atoms with Gasteiger partial charge >= 0.3 is 0 Å². The van der Waals surface area contributed by atoms with Crippen molar-refractivity contribution in [3.8, 4) is 11.5 Å². The Balaban J connectivity index is 1.56. The maximum Gasteiger partial charge on any atom is 0.243 e. The van der Waals surface area contributed by atoms with Gasteiger partial charge in [-0.05, 0) is 55.4 Å². The number of rotatable bonds is 10. The van der Waals surface area contributed by atoms with Gasteiger partial charge in [-0.25, -0.2) is 0 Å². The molecule has 1 aromatic rings. The first-order valence-corrected chi connectivity index (χ1v) is 9.19. The van der Waals surface area contributed by atoms with Gasteiger partial charge in [0.05, 0.1) is 0 Å². The predicted octanol–water partition coefficient (Wildman–Crippen LogP) is 4.71. The molecule has 1 unspecified atom stereocenters. The van der Waals surface area contributed by atoms with E-state index in [1.807, 2.05) is 24.3 Å². The molecule has 136 valence electrons. The monoisotopic (exact) mass is 343 g/mol. The fraction of sp³-hybridized carbons (Fsp3) is 0.476. The van der Waals surface area contributed by atoms with Gasteiger partial charge in [0.15, 0.2) is 11.5 Å². The Morgan fingerprint density at radius 2 is 1.96 bits per heavy atom. The lowest BCUT2D eigenvalue weighted by molar-refractivity contribution is -0.116. The number of unbranched alkanes of at least 4 members (excludes halogenated alkanes) is 3. The van der Waals surface area contributed by atoms with Gasteiger partial charge in [0, 0.05) is 6.54 Å². The Morgan fingerprint density at radius 3 is 2.76 bits per heavy atom. The minimum atomic E-state index is 0.0167. The highest BCUT2D eigenvalue weighted by atomic mass is 16.7. The molecule has 4 nitrogen and oxygen atoms in total.